The predicted octanol–water partition coefficient (Wildman–Crippen LogP) is 2.43. The van der Waals surface area contributed by atoms with Gasteiger partial charge in [0.2, 0.25) is 5.91 Å². The zero-order valence-electron chi connectivity index (χ0n) is 11.4. The predicted molar refractivity (Wildman–Crippen MR) is 70.2 cm³/mol. The van der Waals surface area contributed by atoms with E-state index in [1.807, 2.05) is 6.92 Å². The van der Waals surface area contributed by atoms with Gasteiger partial charge in [0.15, 0.2) is 0 Å². The first-order valence-electron chi connectivity index (χ1n) is 7.02. The molecule has 104 valence electrons. The topological polar surface area (TPSA) is 66.4 Å². The van der Waals surface area contributed by atoms with Gasteiger partial charge >= 0.3 is 5.97 Å². The van der Waals surface area contributed by atoms with E-state index in [4.69, 9.17) is 5.11 Å². The molecular formula is C14H25NO3. The van der Waals surface area contributed by atoms with Crippen molar-refractivity contribution in [2.45, 2.75) is 52.4 Å². The molecule has 1 fully saturated rings. The third kappa shape index (κ3) is 5.07. The summed E-state index contributed by atoms with van der Waals surface area (Å²) in [7, 11) is 0. The molecule has 0 aromatic heterocycles. The van der Waals surface area contributed by atoms with Gasteiger partial charge in [0, 0.05) is 18.9 Å². The van der Waals surface area contributed by atoms with Crippen LogP contribution in [0, 0.1) is 17.8 Å². The van der Waals surface area contributed by atoms with E-state index in [-0.39, 0.29) is 24.2 Å². The summed E-state index contributed by atoms with van der Waals surface area (Å²) in [6.45, 7) is 4.53. The number of amides is 1. The SMILES string of the molecule is CCC1CCC(C(=O)NCC(C)CC(=O)O)CC1. The minimum atomic E-state index is -0.805. The molecule has 0 heterocycles. The van der Waals surface area contributed by atoms with E-state index in [0.29, 0.717) is 6.54 Å². The van der Waals surface area contributed by atoms with E-state index < -0.39 is 5.97 Å². The van der Waals surface area contributed by atoms with Crippen LogP contribution < -0.4 is 5.32 Å². The molecule has 1 aliphatic carbocycles. The standard InChI is InChI=1S/C14H25NO3/c1-3-11-4-6-12(7-5-11)14(18)15-9-10(2)8-13(16)17/h10-12H,3-9H2,1-2H3,(H,15,18)(H,16,17). The number of carboxylic acid groups (broad SMARTS) is 1. The van der Waals surface area contributed by atoms with Crippen LogP contribution >= 0.6 is 0 Å². The third-order valence-electron chi connectivity index (χ3n) is 3.94. The molecule has 1 unspecified atom stereocenters. The van der Waals surface area contributed by atoms with Crippen molar-refractivity contribution < 1.29 is 14.7 Å². The van der Waals surface area contributed by atoms with Crippen molar-refractivity contribution in [3.05, 3.63) is 0 Å². The fraction of sp³-hybridized carbons (Fsp3) is 0.857. The lowest BCUT2D eigenvalue weighted by atomic mass is 9.80. The number of hydrogen-bond acceptors (Lipinski definition) is 2. The van der Waals surface area contributed by atoms with Gasteiger partial charge < -0.3 is 10.4 Å². The van der Waals surface area contributed by atoms with Gasteiger partial charge in [0.1, 0.15) is 0 Å². The minimum Gasteiger partial charge on any atom is -0.481 e. The van der Waals surface area contributed by atoms with Crippen molar-refractivity contribution in [1.29, 1.82) is 0 Å². The number of nitrogens with one attached hydrogen (secondary N) is 1. The van der Waals surface area contributed by atoms with Crippen LogP contribution in [0.4, 0.5) is 0 Å². The molecule has 0 spiro atoms. The molecule has 1 amide bonds. The lowest BCUT2D eigenvalue weighted by molar-refractivity contribution is -0.138. The third-order valence-corrected chi connectivity index (χ3v) is 3.94. The maximum Gasteiger partial charge on any atom is 0.303 e. The van der Waals surface area contributed by atoms with Crippen LogP contribution in [0.3, 0.4) is 0 Å². The molecule has 0 aromatic rings. The maximum absolute atomic E-state index is 11.9. The normalized spacial score (nSPS) is 25.4. The molecule has 1 aliphatic rings. The van der Waals surface area contributed by atoms with Crippen LogP contribution in [0.2, 0.25) is 0 Å². The Bertz CT molecular complexity index is 283. The van der Waals surface area contributed by atoms with E-state index in [0.717, 1.165) is 31.6 Å². The number of rotatable bonds is 6. The van der Waals surface area contributed by atoms with Gasteiger partial charge in [-0.05, 0) is 37.5 Å². The first-order valence-corrected chi connectivity index (χ1v) is 7.02. The zero-order chi connectivity index (χ0) is 13.5. The number of carbonyl (C=O) groups excluding carboxylic acids is 1. The first kappa shape index (κ1) is 15.0. The van der Waals surface area contributed by atoms with Gasteiger partial charge in [-0.3, -0.25) is 9.59 Å². The van der Waals surface area contributed by atoms with Gasteiger partial charge in [-0.2, -0.15) is 0 Å². The van der Waals surface area contributed by atoms with E-state index in [2.05, 4.69) is 12.2 Å². The van der Waals surface area contributed by atoms with Crippen molar-refractivity contribution >= 4 is 11.9 Å². The summed E-state index contributed by atoms with van der Waals surface area (Å²) >= 11 is 0. The Kier molecular flexibility index (Phi) is 6.16. The van der Waals surface area contributed by atoms with E-state index >= 15 is 0 Å². The summed E-state index contributed by atoms with van der Waals surface area (Å²) in [4.78, 5) is 22.4. The molecule has 0 aromatic carbocycles. The summed E-state index contributed by atoms with van der Waals surface area (Å²) in [6, 6.07) is 0. The second-order valence-corrected chi connectivity index (χ2v) is 5.57. The molecule has 0 saturated heterocycles. The minimum absolute atomic E-state index is 0.00145. The summed E-state index contributed by atoms with van der Waals surface area (Å²) in [5.74, 6) is 0.241. The molecule has 0 bridgehead atoms. The Hall–Kier alpha value is -1.06. The van der Waals surface area contributed by atoms with Crippen LogP contribution in [0.5, 0.6) is 0 Å². The van der Waals surface area contributed by atoms with Crippen molar-refractivity contribution in [3.63, 3.8) is 0 Å². The summed E-state index contributed by atoms with van der Waals surface area (Å²) < 4.78 is 0. The Morgan fingerprint density at radius 2 is 1.89 bits per heavy atom. The van der Waals surface area contributed by atoms with Gasteiger partial charge in [-0.25, -0.2) is 0 Å². The Labute approximate surface area is 109 Å². The molecule has 4 nitrogen and oxygen atoms in total. The molecule has 1 saturated carbocycles. The van der Waals surface area contributed by atoms with E-state index in [1.54, 1.807) is 0 Å². The van der Waals surface area contributed by atoms with Crippen molar-refractivity contribution in [2.75, 3.05) is 6.54 Å². The van der Waals surface area contributed by atoms with Crippen LogP contribution in [0.1, 0.15) is 52.4 Å². The van der Waals surface area contributed by atoms with Crippen LogP contribution in [-0.2, 0) is 9.59 Å². The molecule has 1 atom stereocenters. The average Bonchev–Trinajstić information content (AvgIpc) is 2.35. The summed E-state index contributed by atoms with van der Waals surface area (Å²) in [5.41, 5.74) is 0. The lowest BCUT2D eigenvalue weighted by Gasteiger charge is -2.27. The highest BCUT2D eigenvalue weighted by Crippen LogP contribution is 2.30. The average molecular weight is 255 g/mol. The van der Waals surface area contributed by atoms with Crippen molar-refractivity contribution in [3.8, 4) is 0 Å². The molecule has 0 radical (unpaired) electrons. The Morgan fingerprint density at radius 1 is 1.28 bits per heavy atom. The van der Waals surface area contributed by atoms with Crippen LogP contribution in [0.15, 0.2) is 0 Å². The maximum atomic E-state index is 11.9. The molecule has 0 aliphatic heterocycles. The van der Waals surface area contributed by atoms with Crippen LogP contribution in [0.25, 0.3) is 0 Å². The molecular weight excluding hydrogens is 230 g/mol. The number of aliphatic carboxylic acids is 1. The monoisotopic (exact) mass is 255 g/mol. The Balaban J connectivity index is 2.23. The fourth-order valence-corrected chi connectivity index (χ4v) is 2.62. The van der Waals surface area contributed by atoms with Crippen molar-refractivity contribution in [2.24, 2.45) is 17.8 Å². The number of hydrogen-bond donors (Lipinski definition) is 2. The molecule has 2 N–H and O–H groups in total. The second kappa shape index (κ2) is 7.39. The van der Waals surface area contributed by atoms with E-state index in [9.17, 15) is 9.59 Å². The van der Waals surface area contributed by atoms with Gasteiger partial charge in [0.05, 0.1) is 0 Å². The van der Waals surface area contributed by atoms with Crippen molar-refractivity contribution in [1.82, 2.24) is 5.32 Å². The van der Waals surface area contributed by atoms with Gasteiger partial charge in [-0.1, -0.05) is 20.3 Å². The summed E-state index contributed by atoms with van der Waals surface area (Å²) in [6.07, 6.45) is 5.60. The number of carboxylic acids is 1. The second-order valence-electron chi connectivity index (χ2n) is 5.57. The molecule has 1 rings (SSSR count). The highest BCUT2D eigenvalue weighted by atomic mass is 16.4. The zero-order valence-corrected chi connectivity index (χ0v) is 11.4. The van der Waals surface area contributed by atoms with Gasteiger partial charge in [0.25, 0.3) is 0 Å². The largest absolute Gasteiger partial charge is 0.481 e. The van der Waals surface area contributed by atoms with Gasteiger partial charge in [-0.15, -0.1) is 0 Å². The smallest absolute Gasteiger partial charge is 0.303 e. The number of carbonyl (C=O) groups is 2. The molecule has 4 heteroatoms. The van der Waals surface area contributed by atoms with Crippen LogP contribution in [-0.4, -0.2) is 23.5 Å². The fourth-order valence-electron chi connectivity index (χ4n) is 2.62. The Morgan fingerprint density at radius 3 is 2.39 bits per heavy atom. The quantitative estimate of drug-likeness (QED) is 0.766. The highest BCUT2D eigenvalue weighted by Gasteiger charge is 2.25. The van der Waals surface area contributed by atoms with E-state index in [1.165, 1.54) is 6.42 Å². The summed E-state index contributed by atoms with van der Waals surface area (Å²) in [5, 5.41) is 11.5. The lowest BCUT2D eigenvalue weighted by Crippen LogP contribution is -2.36. The first-order chi connectivity index (χ1) is 8.52. The molecule has 18 heavy (non-hydrogen) atoms. The highest BCUT2D eigenvalue weighted by molar-refractivity contribution is 5.78.